The van der Waals surface area contributed by atoms with Gasteiger partial charge in [0.05, 0.1) is 18.0 Å². The quantitative estimate of drug-likeness (QED) is 0.720. The molecule has 0 fully saturated rings. The Morgan fingerprint density at radius 2 is 2.08 bits per heavy atom. The minimum Gasteiger partial charge on any atom is -0.389 e. The molecule has 2 heterocycles. The number of aliphatic hydroxyl groups excluding tert-OH is 1. The average Bonchev–Trinajstić information content (AvgIpc) is 3.15. The Hall–Kier alpha value is -1.99. The highest BCUT2D eigenvalue weighted by Gasteiger charge is 2.16. The van der Waals surface area contributed by atoms with Crippen LogP contribution in [0.15, 0.2) is 41.3 Å². The van der Waals surface area contributed by atoms with E-state index in [1.807, 2.05) is 23.9 Å². The van der Waals surface area contributed by atoms with Gasteiger partial charge in [0.25, 0.3) is 0 Å². The molecule has 2 aromatic heterocycles. The van der Waals surface area contributed by atoms with Gasteiger partial charge in [0.1, 0.15) is 10.4 Å². The first-order chi connectivity index (χ1) is 11.5. The lowest BCUT2D eigenvalue weighted by Gasteiger charge is -2.14. The average molecular weight is 393 g/mol. The van der Waals surface area contributed by atoms with Crippen LogP contribution >= 0.6 is 15.9 Å². The Balaban J connectivity index is 2.01. The van der Waals surface area contributed by atoms with E-state index in [9.17, 15) is 9.50 Å². The van der Waals surface area contributed by atoms with Gasteiger partial charge in [-0.3, -0.25) is 4.68 Å². The van der Waals surface area contributed by atoms with Crippen molar-refractivity contribution in [1.29, 1.82) is 0 Å². The Kier molecular flexibility index (Phi) is 4.82. The van der Waals surface area contributed by atoms with Crippen LogP contribution in [0, 0.1) is 5.82 Å². The van der Waals surface area contributed by atoms with Crippen LogP contribution < -0.4 is 0 Å². The van der Waals surface area contributed by atoms with Gasteiger partial charge < -0.3 is 5.11 Å². The van der Waals surface area contributed by atoms with Crippen LogP contribution in [0.3, 0.4) is 0 Å². The molecule has 3 rings (SSSR count). The number of aryl methyl sites for hydroxylation is 1. The van der Waals surface area contributed by atoms with Gasteiger partial charge in [-0.1, -0.05) is 0 Å². The zero-order chi connectivity index (χ0) is 17.3. The van der Waals surface area contributed by atoms with Crippen LogP contribution in [0.25, 0.3) is 5.69 Å². The third-order valence-corrected chi connectivity index (χ3v) is 4.82. The fourth-order valence-electron chi connectivity index (χ4n) is 2.68. The Bertz CT molecular complexity index is 856. The zero-order valence-electron chi connectivity index (χ0n) is 13.4. The van der Waals surface area contributed by atoms with E-state index in [1.54, 1.807) is 23.9 Å². The minimum absolute atomic E-state index is 0.379. The van der Waals surface area contributed by atoms with E-state index in [2.05, 4.69) is 26.1 Å². The summed E-state index contributed by atoms with van der Waals surface area (Å²) in [5.41, 5.74) is 3.15. The summed E-state index contributed by atoms with van der Waals surface area (Å²) < 4.78 is 18.1. The molecule has 0 amide bonds. The lowest BCUT2D eigenvalue weighted by Crippen LogP contribution is -2.08. The van der Waals surface area contributed by atoms with Crippen LogP contribution in [-0.2, 0) is 13.0 Å². The maximum Gasteiger partial charge on any atom is 0.123 e. The Morgan fingerprint density at radius 3 is 2.75 bits per heavy atom. The van der Waals surface area contributed by atoms with Crippen LogP contribution in [0.2, 0.25) is 0 Å². The predicted molar refractivity (Wildman–Crippen MR) is 92.6 cm³/mol. The summed E-state index contributed by atoms with van der Waals surface area (Å²) in [5, 5.41) is 18.6. The van der Waals surface area contributed by atoms with Gasteiger partial charge in [0.15, 0.2) is 0 Å². The van der Waals surface area contributed by atoms with E-state index in [0.29, 0.717) is 17.7 Å². The van der Waals surface area contributed by atoms with Gasteiger partial charge in [-0.05, 0) is 54.0 Å². The molecule has 0 spiro atoms. The molecule has 1 N–H and O–H groups in total. The highest BCUT2D eigenvalue weighted by atomic mass is 79.9. The SMILES string of the molecule is CCn1ncc(Cc2ccnn2-c2ccc(F)cc2C(C)O)c1Br. The molecule has 0 aliphatic rings. The first-order valence-corrected chi connectivity index (χ1v) is 8.51. The highest BCUT2D eigenvalue weighted by molar-refractivity contribution is 9.10. The van der Waals surface area contributed by atoms with Gasteiger partial charge in [-0.15, -0.1) is 0 Å². The van der Waals surface area contributed by atoms with Crippen molar-refractivity contribution in [3.8, 4) is 5.69 Å². The number of aromatic nitrogens is 4. The van der Waals surface area contributed by atoms with Crippen LogP contribution in [0.4, 0.5) is 4.39 Å². The fraction of sp³-hybridized carbons (Fsp3) is 0.294. The third-order valence-electron chi connectivity index (χ3n) is 3.90. The summed E-state index contributed by atoms with van der Waals surface area (Å²) in [5.74, 6) is -0.379. The van der Waals surface area contributed by atoms with Crippen molar-refractivity contribution in [1.82, 2.24) is 19.6 Å². The van der Waals surface area contributed by atoms with Gasteiger partial charge in [0, 0.05) is 36.0 Å². The molecule has 0 saturated heterocycles. The minimum atomic E-state index is -0.790. The monoisotopic (exact) mass is 392 g/mol. The van der Waals surface area contributed by atoms with E-state index in [4.69, 9.17) is 0 Å². The molecule has 1 atom stereocenters. The first kappa shape index (κ1) is 16.9. The Labute approximate surface area is 147 Å². The molecule has 3 aromatic rings. The van der Waals surface area contributed by atoms with Crippen molar-refractivity contribution >= 4 is 15.9 Å². The van der Waals surface area contributed by atoms with Gasteiger partial charge >= 0.3 is 0 Å². The number of benzene rings is 1. The van der Waals surface area contributed by atoms with Gasteiger partial charge in [0.2, 0.25) is 0 Å². The summed E-state index contributed by atoms with van der Waals surface area (Å²) in [4.78, 5) is 0. The molecule has 7 heteroatoms. The molecule has 126 valence electrons. The van der Waals surface area contributed by atoms with E-state index in [0.717, 1.165) is 22.4 Å². The summed E-state index contributed by atoms with van der Waals surface area (Å²) >= 11 is 3.57. The van der Waals surface area contributed by atoms with E-state index >= 15 is 0 Å². The number of hydrogen-bond acceptors (Lipinski definition) is 3. The molecule has 0 aliphatic heterocycles. The molecule has 0 aliphatic carbocycles. The predicted octanol–water partition coefficient (Wildman–Crippen LogP) is 3.63. The molecular weight excluding hydrogens is 375 g/mol. The zero-order valence-corrected chi connectivity index (χ0v) is 15.0. The van der Waals surface area contributed by atoms with Crippen molar-refractivity contribution in [3.63, 3.8) is 0 Å². The van der Waals surface area contributed by atoms with E-state index < -0.39 is 6.10 Å². The molecule has 0 saturated carbocycles. The molecule has 5 nitrogen and oxygen atoms in total. The van der Waals surface area contributed by atoms with Crippen molar-refractivity contribution in [3.05, 3.63) is 63.9 Å². The normalized spacial score (nSPS) is 12.5. The van der Waals surface area contributed by atoms with Crippen LogP contribution in [0.1, 0.15) is 36.8 Å². The fourth-order valence-corrected chi connectivity index (χ4v) is 3.26. The Morgan fingerprint density at radius 1 is 1.29 bits per heavy atom. The van der Waals surface area contributed by atoms with Crippen molar-refractivity contribution in [2.24, 2.45) is 0 Å². The number of hydrogen-bond donors (Lipinski definition) is 1. The van der Waals surface area contributed by atoms with E-state index in [1.165, 1.54) is 12.1 Å². The standard InChI is InChI=1S/C17H18BrFN4O/c1-3-22-17(18)12(10-21-22)8-14-6-7-20-23(14)16-5-4-13(19)9-15(16)11(2)24/h4-7,9-11,24H,3,8H2,1-2H3. The number of aliphatic hydroxyl groups is 1. The third kappa shape index (κ3) is 3.14. The largest absolute Gasteiger partial charge is 0.389 e. The van der Waals surface area contributed by atoms with Crippen molar-refractivity contribution < 1.29 is 9.50 Å². The molecule has 0 bridgehead atoms. The molecule has 0 radical (unpaired) electrons. The first-order valence-electron chi connectivity index (χ1n) is 7.72. The highest BCUT2D eigenvalue weighted by Crippen LogP contribution is 2.26. The van der Waals surface area contributed by atoms with Gasteiger partial charge in [-0.2, -0.15) is 10.2 Å². The second-order valence-corrected chi connectivity index (χ2v) is 6.32. The molecular formula is C17H18BrFN4O. The summed E-state index contributed by atoms with van der Waals surface area (Å²) in [6.45, 7) is 4.42. The molecule has 24 heavy (non-hydrogen) atoms. The van der Waals surface area contributed by atoms with Crippen molar-refractivity contribution in [2.45, 2.75) is 32.9 Å². The lowest BCUT2D eigenvalue weighted by molar-refractivity contribution is 0.198. The number of halogens is 2. The molecule has 1 unspecified atom stereocenters. The second kappa shape index (κ2) is 6.86. The lowest BCUT2D eigenvalue weighted by atomic mass is 10.1. The molecule has 1 aromatic carbocycles. The summed E-state index contributed by atoms with van der Waals surface area (Å²) in [7, 11) is 0. The number of rotatable bonds is 5. The smallest absolute Gasteiger partial charge is 0.123 e. The topological polar surface area (TPSA) is 55.9 Å². The maximum atomic E-state index is 13.5. The maximum absolute atomic E-state index is 13.5. The number of nitrogens with zero attached hydrogens (tertiary/aromatic N) is 4. The summed E-state index contributed by atoms with van der Waals surface area (Å²) in [6.07, 6.45) is 3.35. The van der Waals surface area contributed by atoms with Crippen LogP contribution in [-0.4, -0.2) is 24.7 Å². The van der Waals surface area contributed by atoms with Crippen molar-refractivity contribution in [2.75, 3.05) is 0 Å². The van der Waals surface area contributed by atoms with Crippen LogP contribution in [0.5, 0.6) is 0 Å². The van der Waals surface area contributed by atoms with Gasteiger partial charge in [-0.25, -0.2) is 9.07 Å². The second-order valence-electron chi connectivity index (χ2n) is 5.57. The summed E-state index contributed by atoms with van der Waals surface area (Å²) in [6, 6.07) is 6.26. The van der Waals surface area contributed by atoms with E-state index in [-0.39, 0.29) is 5.82 Å².